The molecule has 1 heterocycles. The van der Waals surface area contributed by atoms with E-state index < -0.39 is 5.54 Å². The second-order valence-electron chi connectivity index (χ2n) is 5.65. The zero-order valence-electron chi connectivity index (χ0n) is 11.9. The molecule has 18 heavy (non-hydrogen) atoms. The summed E-state index contributed by atoms with van der Waals surface area (Å²) in [6.07, 6.45) is 2.85. The van der Waals surface area contributed by atoms with E-state index in [4.69, 9.17) is 9.47 Å². The van der Waals surface area contributed by atoms with Crippen LogP contribution in [-0.4, -0.2) is 38.0 Å². The van der Waals surface area contributed by atoms with Crippen LogP contribution in [0.15, 0.2) is 0 Å². The third-order valence-corrected chi connectivity index (χ3v) is 3.20. The maximum Gasteiger partial charge on any atom is 0.104 e. The first-order valence-electron chi connectivity index (χ1n) is 6.90. The Morgan fingerprint density at radius 2 is 2.33 bits per heavy atom. The predicted octanol–water partition coefficient (Wildman–Crippen LogP) is 2.10. The van der Waals surface area contributed by atoms with Crippen molar-refractivity contribution in [2.75, 3.05) is 26.4 Å². The molecule has 2 unspecified atom stereocenters. The van der Waals surface area contributed by atoms with E-state index in [2.05, 4.69) is 25.2 Å². The molecule has 0 aliphatic carbocycles. The highest BCUT2D eigenvalue weighted by atomic mass is 16.5. The molecule has 0 spiro atoms. The number of nitrogens with zero attached hydrogens (tertiary/aromatic N) is 1. The first kappa shape index (κ1) is 15.4. The van der Waals surface area contributed by atoms with Crippen LogP contribution in [0, 0.1) is 17.2 Å². The molecule has 0 aromatic rings. The fourth-order valence-corrected chi connectivity index (χ4v) is 2.29. The highest BCUT2D eigenvalue weighted by Gasteiger charge is 2.23. The van der Waals surface area contributed by atoms with Gasteiger partial charge in [-0.3, -0.25) is 5.32 Å². The Balaban J connectivity index is 2.09. The van der Waals surface area contributed by atoms with Gasteiger partial charge in [0.25, 0.3) is 0 Å². The van der Waals surface area contributed by atoms with E-state index in [-0.39, 0.29) is 0 Å². The van der Waals surface area contributed by atoms with Gasteiger partial charge >= 0.3 is 0 Å². The molecule has 4 nitrogen and oxygen atoms in total. The predicted molar refractivity (Wildman–Crippen MR) is 71.3 cm³/mol. The summed E-state index contributed by atoms with van der Waals surface area (Å²) in [7, 11) is 0. The second-order valence-corrected chi connectivity index (χ2v) is 5.65. The molecule has 1 rings (SSSR count). The van der Waals surface area contributed by atoms with Crippen molar-refractivity contribution in [2.24, 2.45) is 5.92 Å². The maximum atomic E-state index is 9.19. The Bertz CT molecular complexity index is 269. The lowest BCUT2D eigenvalue weighted by atomic mass is 9.97. The summed E-state index contributed by atoms with van der Waals surface area (Å²) in [6, 6.07) is 2.68. The van der Waals surface area contributed by atoms with Crippen LogP contribution in [0.1, 0.15) is 40.0 Å². The van der Waals surface area contributed by atoms with Gasteiger partial charge in [0.05, 0.1) is 19.3 Å². The van der Waals surface area contributed by atoms with E-state index in [1.165, 1.54) is 0 Å². The van der Waals surface area contributed by atoms with E-state index in [1.54, 1.807) is 0 Å². The molecule has 2 atom stereocenters. The monoisotopic (exact) mass is 254 g/mol. The van der Waals surface area contributed by atoms with Crippen LogP contribution in [0.25, 0.3) is 0 Å². The minimum Gasteiger partial charge on any atom is -0.381 e. The lowest BCUT2D eigenvalue weighted by molar-refractivity contribution is 0.0847. The van der Waals surface area contributed by atoms with E-state index in [1.807, 2.05) is 6.92 Å². The van der Waals surface area contributed by atoms with Crippen molar-refractivity contribution in [3.63, 3.8) is 0 Å². The Labute approximate surface area is 111 Å². The molecular formula is C14H26N2O2. The Morgan fingerprint density at radius 1 is 1.56 bits per heavy atom. The van der Waals surface area contributed by atoms with Crippen molar-refractivity contribution in [2.45, 2.75) is 51.6 Å². The molecule has 0 saturated carbocycles. The minimum atomic E-state index is -0.437. The lowest BCUT2D eigenvalue weighted by Crippen LogP contribution is -2.45. The highest BCUT2D eigenvalue weighted by molar-refractivity contribution is 5.04. The summed E-state index contributed by atoms with van der Waals surface area (Å²) in [6.45, 7) is 9.31. The Morgan fingerprint density at radius 3 is 2.89 bits per heavy atom. The number of rotatable bonds is 8. The molecule has 1 fully saturated rings. The van der Waals surface area contributed by atoms with Crippen molar-refractivity contribution in [3.8, 4) is 6.07 Å². The van der Waals surface area contributed by atoms with Gasteiger partial charge in [-0.1, -0.05) is 0 Å². The molecule has 0 aromatic heterocycles. The number of ether oxygens (including phenoxy) is 2. The summed E-state index contributed by atoms with van der Waals surface area (Å²) < 4.78 is 10.9. The third kappa shape index (κ3) is 5.81. The van der Waals surface area contributed by atoms with E-state index in [9.17, 15) is 5.26 Å². The summed E-state index contributed by atoms with van der Waals surface area (Å²) in [5, 5.41) is 12.5. The smallest absolute Gasteiger partial charge is 0.104 e. The van der Waals surface area contributed by atoms with Crippen LogP contribution in [-0.2, 0) is 9.47 Å². The van der Waals surface area contributed by atoms with Crippen molar-refractivity contribution in [1.82, 2.24) is 5.32 Å². The minimum absolute atomic E-state index is 0.325. The summed E-state index contributed by atoms with van der Waals surface area (Å²) in [4.78, 5) is 0. The first-order chi connectivity index (χ1) is 8.56. The van der Waals surface area contributed by atoms with Gasteiger partial charge in [0.15, 0.2) is 0 Å². The van der Waals surface area contributed by atoms with E-state index in [0.29, 0.717) is 12.0 Å². The maximum absolute atomic E-state index is 9.19. The largest absolute Gasteiger partial charge is 0.381 e. The molecule has 1 N–H and O–H groups in total. The molecular weight excluding hydrogens is 228 g/mol. The van der Waals surface area contributed by atoms with E-state index in [0.717, 1.165) is 45.7 Å². The van der Waals surface area contributed by atoms with Gasteiger partial charge in [-0.05, 0) is 40.0 Å². The quantitative estimate of drug-likeness (QED) is 0.674. The fourth-order valence-electron chi connectivity index (χ4n) is 2.29. The van der Waals surface area contributed by atoms with Crippen molar-refractivity contribution < 1.29 is 9.47 Å². The van der Waals surface area contributed by atoms with Gasteiger partial charge in [-0.25, -0.2) is 0 Å². The summed E-state index contributed by atoms with van der Waals surface area (Å²) >= 11 is 0. The van der Waals surface area contributed by atoms with E-state index >= 15 is 0 Å². The second kappa shape index (κ2) is 7.73. The van der Waals surface area contributed by atoms with Crippen LogP contribution in [0.2, 0.25) is 0 Å². The normalized spacial score (nSPS) is 22.9. The molecule has 0 bridgehead atoms. The van der Waals surface area contributed by atoms with Gasteiger partial charge in [0.1, 0.15) is 5.54 Å². The number of nitriles is 1. The Kier molecular flexibility index (Phi) is 6.62. The molecule has 4 heteroatoms. The molecule has 0 aromatic carbocycles. The number of hydrogen-bond acceptors (Lipinski definition) is 4. The SMILES string of the molecule is CC(C)NC(C)(C#N)CCCOCC1CCOC1. The van der Waals surface area contributed by atoms with Gasteiger partial charge in [-0.2, -0.15) is 5.26 Å². The summed E-state index contributed by atoms with van der Waals surface area (Å²) in [5.41, 5.74) is -0.437. The van der Waals surface area contributed by atoms with Crippen LogP contribution >= 0.6 is 0 Å². The zero-order chi connectivity index (χ0) is 13.4. The van der Waals surface area contributed by atoms with Crippen LogP contribution in [0.3, 0.4) is 0 Å². The molecule has 0 amide bonds. The van der Waals surface area contributed by atoms with Crippen molar-refractivity contribution >= 4 is 0 Å². The van der Waals surface area contributed by atoms with Gasteiger partial charge < -0.3 is 9.47 Å². The van der Waals surface area contributed by atoms with Gasteiger partial charge in [0.2, 0.25) is 0 Å². The molecule has 1 aliphatic rings. The van der Waals surface area contributed by atoms with Gasteiger partial charge in [-0.15, -0.1) is 0 Å². The summed E-state index contributed by atoms with van der Waals surface area (Å²) in [5.74, 6) is 0.570. The topological polar surface area (TPSA) is 54.3 Å². The standard InChI is InChI=1S/C14H26N2O2/c1-12(2)16-14(3,11-15)6-4-7-17-9-13-5-8-18-10-13/h12-13,16H,4-10H2,1-3H3. The zero-order valence-corrected chi connectivity index (χ0v) is 11.9. The Hall–Kier alpha value is -0.630. The van der Waals surface area contributed by atoms with Crippen LogP contribution < -0.4 is 5.32 Å². The fraction of sp³-hybridized carbons (Fsp3) is 0.929. The van der Waals surface area contributed by atoms with Crippen molar-refractivity contribution in [1.29, 1.82) is 5.26 Å². The van der Waals surface area contributed by atoms with Crippen LogP contribution in [0.4, 0.5) is 0 Å². The number of nitrogens with one attached hydrogen (secondary N) is 1. The molecule has 1 aliphatic heterocycles. The average molecular weight is 254 g/mol. The highest BCUT2D eigenvalue weighted by Crippen LogP contribution is 2.14. The number of hydrogen-bond donors (Lipinski definition) is 1. The molecule has 104 valence electrons. The average Bonchev–Trinajstić information content (AvgIpc) is 2.80. The molecule has 0 radical (unpaired) electrons. The van der Waals surface area contributed by atoms with Crippen molar-refractivity contribution in [3.05, 3.63) is 0 Å². The van der Waals surface area contributed by atoms with Crippen LogP contribution in [0.5, 0.6) is 0 Å². The lowest BCUT2D eigenvalue weighted by Gasteiger charge is -2.25. The van der Waals surface area contributed by atoms with Gasteiger partial charge in [0, 0.05) is 25.2 Å². The third-order valence-electron chi connectivity index (χ3n) is 3.20. The first-order valence-corrected chi connectivity index (χ1v) is 6.90. The molecule has 1 saturated heterocycles.